The van der Waals surface area contributed by atoms with Crippen LogP contribution in [0.15, 0.2) is 73.1 Å². The number of hydrogen-bond donors (Lipinski definition) is 0. The van der Waals surface area contributed by atoms with Gasteiger partial charge in [0.25, 0.3) is 0 Å². The quantitative estimate of drug-likeness (QED) is 0.447. The number of esters is 2. The Bertz CT molecular complexity index is 1290. The molecule has 0 aliphatic carbocycles. The van der Waals surface area contributed by atoms with Crippen LogP contribution in [-0.4, -0.2) is 29.0 Å². The number of rotatable bonds is 5. The summed E-state index contributed by atoms with van der Waals surface area (Å²) in [7, 11) is 1.27. The van der Waals surface area contributed by atoms with Crippen molar-refractivity contribution in [1.82, 2.24) is 9.97 Å². The third-order valence-corrected chi connectivity index (χ3v) is 5.51. The lowest BCUT2D eigenvalue weighted by molar-refractivity contribution is -0.181. The number of hydrogen-bond acceptors (Lipinski definition) is 6. The Labute approximate surface area is 179 Å². The van der Waals surface area contributed by atoms with E-state index in [-0.39, 0.29) is 0 Å². The highest BCUT2D eigenvalue weighted by atomic mass is 16.6. The van der Waals surface area contributed by atoms with Gasteiger partial charge in [0.1, 0.15) is 0 Å². The Balaban J connectivity index is 1.67. The van der Waals surface area contributed by atoms with E-state index >= 15 is 0 Å². The summed E-state index contributed by atoms with van der Waals surface area (Å²) < 4.78 is 10.8. The molecule has 0 bridgehead atoms. The fraction of sp³-hybridized carbons (Fsp3) is 0.200. The standard InChI is InChI=1S/C25H22N2O4/c1-16(17-8-10-21-18(14-17)6-4-12-26-21)23(28)31-25(2,24(29)30-3)20-9-11-22-19(15-20)7-5-13-27-22/h4-16H,1-3H3. The zero-order valence-corrected chi connectivity index (χ0v) is 17.5. The average Bonchev–Trinajstić information content (AvgIpc) is 2.82. The molecular weight excluding hydrogens is 392 g/mol. The predicted molar refractivity (Wildman–Crippen MR) is 117 cm³/mol. The highest BCUT2D eigenvalue weighted by Crippen LogP contribution is 2.32. The molecule has 4 rings (SSSR count). The molecule has 156 valence electrons. The van der Waals surface area contributed by atoms with Gasteiger partial charge in [0.2, 0.25) is 5.60 Å². The van der Waals surface area contributed by atoms with Crippen molar-refractivity contribution >= 4 is 33.7 Å². The van der Waals surface area contributed by atoms with Gasteiger partial charge >= 0.3 is 11.9 Å². The Morgan fingerprint density at radius 2 is 1.52 bits per heavy atom. The van der Waals surface area contributed by atoms with Crippen LogP contribution in [0.5, 0.6) is 0 Å². The monoisotopic (exact) mass is 414 g/mol. The lowest BCUT2D eigenvalue weighted by Gasteiger charge is -2.29. The summed E-state index contributed by atoms with van der Waals surface area (Å²) in [5.41, 5.74) is 1.32. The van der Waals surface area contributed by atoms with Gasteiger partial charge < -0.3 is 9.47 Å². The van der Waals surface area contributed by atoms with Crippen LogP contribution in [0.25, 0.3) is 21.8 Å². The number of aromatic nitrogens is 2. The van der Waals surface area contributed by atoms with Gasteiger partial charge in [-0.15, -0.1) is 0 Å². The molecule has 0 amide bonds. The molecule has 0 aliphatic heterocycles. The second-order valence-electron chi connectivity index (χ2n) is 7.53. The van der Waals surface area contributed by atoms with E-state index in [9.17, 15) is 9.59 Å². The number of fused-ring (bicyclic) bond motifs is 2. The highest BCUT2D eigenvalue weighted by molar-refractivity contribution is 5.89. The second kappa shape index (κ2) is 8.14. The van der Waals surface area contributed by atoms with E-state index in [1.165, 1.54) is 7.11 Å². The van der Waals surface area contributed by atoms with E-state index in [0.717, 1.165) is 27.4 Å². The van der Waals surface area contributed by atoms with Crippen LogP contribution in [0.2, 0.25) is 0 Å². The minimum atomic E-state index is -1.59. The van der Waals surface area contributed by atoms with Crippen LogP contribution in [-0.2, 0) is 24.7 Å². The van der Waals surface area contributed by atoms with Crippen molar-refractivity contribution in [2.75, 3.05) is 7.11 Å². The van der Waals surface area contributed by atoms with Gasteiger partial charge in [-0.25, -0.2) is 4.79 Å². The van der Waals surface area contributed by atoms with Gasteiger partial charge in [-0.2, -0.15) is 0 Å². The van der Waals surface area contributed by atoms with Gasteiger partial charge in [0.05, 0.1) is 24.1 Å². The molecule has 2 heterocycles. The third kappa shape index (κ3) is 3.84. The molecule has 2 aromatic carbocycles. The van der Waals surface area contributed by atoms with Crippen LogP contribution < -0.4 is 0 Å². The molecule has 0 aliphatic rings. The summed E-state index contributed by atoms with van der Waals surface area (Å²) in [6, 6.07) is 18.4. The molecule has 2 aromatic heterocycles. The Morgan fingerprint density at radius 3 is 2.16 bits per heavy atom. The number of benzene rings is 2. The fourth-order valence-corrected chi connectivity index (χ4v) is 3.57. The minimum Gasteiger partial charge on any atom is -0.466 e. The van der Waals surface area contributed by atoms with E-state index in [0.29, 0.717) is 5.56 Å². The molecule has 2 atom stereocenters. The second-order valence-corrected chi connectivity index (χ2v) is 7.53. The van der Waals surface area contributed by atoms with E-state index in [1.54, 1.807) is 44.4 Å². The Morgan fingerprint density at radius 1 is 0.903 bits per heavy atom. The van der Waals surface area contributed by atoms with Crippen LogP contribution in [0.1, 0.15) is 30.9 Å². The molecule has 0 spiro atoms. The largest absolute Gasteiger partial charge is 0.466 e. The number of methoxy groups -OCH3 is 1. The van der Waals surface area contributed by atoms with Crippen molar-refractivity contribution < 1.29 is 19.1 Å². The van der Waals surface area contributed by atoms with Gasteiger partial charge in [0.15, 0.2) is 0 Å². The summed E-state index contributed by atoms with van der Waals surface area (Å²) in [5, 5.41) is 1.76. The number of carbonyl (C=O) groups is 2. The molecule has 0 saturated carbocycles. The maximum atomic E-state index is 13.1. The van der Waals surface area contributed by atoms with Crippen molar-refractivity contribution in [3.63, 3.8) is 0 Å². The van der Waals surface area contributed by atoms with E-state index < -0.39 is 23.5 Å². The number of nitrogens with zero attached hydrogens (tertiary/aromatic N) is 2. The fourth-order valence-electron chi connectivity index (χ4n) is 3.57. The van der Waals surface area contributed by atoms with Crippen LogP contribution in [0.3, 0.4) is 0 Å². The molecule has 0 fully saturated rings. The van der Waals surface area contributed by atoms with E-state index in [1.807, 2.05) is 42.5 Å². The summed E-state index contributed by atoms with van der Waals surface area (Å²) in [4.78, 5) is 34.4. The normalized spacial score (nSPS) is 14.0. The van der Waals surface area contributed by atoms with Gasteiger partial charge in [-0.1, -0.05) is 24.3 Å². The zero-order chi connectivity index (χ0) is 22.0. The summed E-state index contributed by atoms with van der Waals surface area (Å²) >= 11 is 0. The number of ether oxygens (including phenoxy) is 2. The molecule has 0 radical (unpaired) electrons. The van der Waals surface area contributed by atoms with Crippen molar-refractivity contribution in [2.45, 2.75) is 25.4 Å². The molecule has 31 heavy (non-hydrogen) atoms. The number of pyridine rings is 2. The van der Waals surface area contributed by atoms with Crippen molar-refractivity contribution in [3.05, 3.63) is 84.2 Å². The lowest BCUT2D eigenvalue weighted by Crippen LogP contribution is -2.39. The molecule has 4 aromatic rings. The predicted octanol–water partition coefficient (Wildman–Crippen LogP) is 4.52. The number of carbonyl (C=O) groups excluding carboxylic acids is 2. The highest BCUT2D eigenvalue weighted by Gasteiger charge is 2.42. The lowest BCUT2D eigenvalue weighted by atomic mass is 9.93. The zero-order valence-electron chi connectivity index (χ0n) is 17.5. The molecule has 0 saturated heterocycles. The smallest absolute Gasteiger partial charge is 0.354 e. The first-order chi connectivity index (χ1) is 14.9. The van der Waals surface area contributed by atoms with E-state index in [2.05, 4.69) is 9.97 Å². The van der Waals surface area contributed by atoms with Crippen LogP contribution >= 0.6 is 0 Å². The summed E-state index contributed by atoms with van der Waals surface area (Å²) in [5.74, 6) is -1.77. The SMILES string of the molecule is COC(=O)C(C)(OC(=O)C(C)c1ccc2ncccc2c1)c1ccc2ncccc2c1. The first kappa shape index (κ1) is 20.5. The van der Waals surface area contributed by atoms with Crippen LogP contribution in [0, 0.1) is 0 Å². The van der Waals surface area contributed by atoms with E-state index in [4.69, 9.17) is 9.47 Å². The van der Waals surface area contributed by atoms with Gasteiger partial charge in [-0.05, 0) is 55.8 Å². The maximum absolute atomic E-state index is 13.1. The first-order valence-electron chi connectivity index (χ1n) is 9.93. The summed E-state index contributed by atoms with van der Waals surface area (Å²) in [6.45, 7) is 3.30. The Hall–Kier alpha value is -3.80. The molecule has 0 N–H and O–H groups in total. The first-order valence-corrected chi connectivity index (χ1v) is 9.93. The summed E-state index contributed by atoms with van der Waals surface area (Å²) in [6.07, 6.45) is 3.42. The molecule has 2 unspecified atom stereocenters. The molecule has 6 heteroatoms. The molecular formula is C25H22N2O4. The minimum absolute atomic E-state index is 0.517. The Kier molecular flexibility index (Phi) is 5.38. The average molecular weight is 414 g/mol. The topological polar surface area (TPSA) is 78.4 Å². The van der Waals surface area contributed by atoms with Gasteiger partial charge in [-0.3, -0.25) is 14.8 Å². The van der Waals surface area contributed by atoms with Crippen molar-refractivity contribution in [3.8, 4) is 0 Å². The third-order valence-electron chi connectivity index (χ3n) is 5.51. The van der Waals surface area contributed by atoms with Crippen molar-refractivity contribution in [1.29, 1.82) is 0 Å². The van der Waals surface area contributed by atoms with Gasteiger partial charge in [0, 0.05) is 28.7 Å². The molecule has 6 nitrogen and oxygen atoms in total. The van der Waals surface area contributed by atoms with Crippen LogP contribution in [0.4, 0.5) is 0 Å². The maximum Gasteiger partial charge on any atom is 0.354 e. The van der Waals surface area contributed by atoms with Crippen molar-refractivity contribution in [2.24, 2.45) is 0 Å².